The van der Waals surface area contributed by atoms with Crippen molar-refractivity contribution in [2.24, 2.45) is 5.92 Å². The topological polar surface area (TPSA) is 51.5 Å². The Labute approximate surface area is 225 Å². The molecule has 38 heavy (non-hydrogen) atoms. The van der Waals surface area contributed by atoms with Crippen LogP contribution in [0.3, 0.4) is 0 Å². The van der Waals surface area contributed by atoms with Crippen LogP contribution in [-0.2, 0) is 20.9 Å². The van der Waals surface area contributed by atoms with Crippen molar-refractivity contribution in [3.05, 3.63) is 107 Å². The number of aromatic nitrogens is 1. The largest absolute Gasteiger partial charge is 0.466 e. The fourth-order valence-corrected chi connectivity index (χ4v) is 5.69. The monoisotopic (exact) mass is 508 g/mol. The number of hydrogen-bond acceptors (Lipinski definition) is 3. The summed E-state index contributed by atoms with van der Waals surface area (Å²) >= 11 is 0. The number of ether oxygens (including phenoxy) is 1. The molecule has 0 N–H and O–H groups in total. The molecule has 1 amide bonds. The Balaban J connectivity index is 1.45. The summed E-state index contributed by atoms with van der Waals surface area (Å²) in [6.07, 6.45) is 3.96. The summed E-state index contributed by atoms with van der Waals surface area (Å²) in [4.78, 5) is 27.8. The fraction of sp³-hybridized carbons (Fsp3) is 0.333. The molecule has 5 heteroatoms. The molecular weight excluding hydrogens is 472 g/mol. The van der Waals surface area contributed by atoms with E-state index >= 15 is 0 Å². The molecule has 196 valence electrons. The molecule has 1 fully saturated rings. The van der Waals surface area contributed by atoms with Gasteiger partial charge in [-0.1, -0.05) is 78.4 Å². The van der Waals surface area contributed by atoms with E-state index in [-0.39, 0.29) is 23.7 Å². The third-order valence-electron chi connectivity index (χ3n) is 7.68. The van der Waals surface area contributed by atoms with Gasteiger partial charge < -0.3 is 14.2 Å². The van der Waals surface area contributed by atoms with Gasteiger partial charge in [-0.2, -0.15) is 0 Å². The molecule has 1 aliphatic heterocycles. The zero-order valence-corrected chi connectivity index (χ0v) is 22.3. The molecule has 1 aliphatic rings. The molecule has 1 aromatic heterocycles. The van der Waals surface area contributed by atoms with Crippen molar-refractivity contribution in [1.82, 2.24) is 9.47 Å². The lowest BCUT2D eigenvalue weighted by molar-refractivity contribution is -0.151. The molecule has 5 rings (SSSR count). The van der Waals surface area contributed by atoms with Gasteiger partial charge in [0.1, 0.15) is 0 Å². The SMILES string of the molecule is CCOC(=O)C1CCN(C(=O)CC(c2cccc(C)c2)c2cn(Cc3ccccc3)c3ccccc23)CC1. The van der Waals surface area contributed by atoms with Crippen molar-refractivity contribution in [2.45, 2.75) is 45.6 Å². The maximum absolute atomic E-state index is 13.7. The Morgan fingerprint density at radius 1 is 0.947 bits per heavy atom. The van der Waals surface area contributed by atoms with Crippen LogP contribution in [0.25, 0.3) is 10.9 Å². The fourth-order valence-electron chi connectivity index (χ4n) is 5.69. The summed E-state index contributed by atoms with van der Waals surface area (Å²) < 4.78 is 7.51. The molecule has 1 unspecified atom stereocenters. The van der Waals surface area contributed by atoms with Gasteiger partial charge in [0.2, 0.25) is 5.91 Å². The first-order chi connectivity index (χ1) is 18.5. The number of carbonyl (C=O) groups is 2. The number of likely N-dealkylation sites (tertiary alicyclic amines) is 1. The van der Waals surface area contributed by atoms with E-state index in [0.717, 1.165) is 12.1 Å². The molecule has 0 radical (unpaired) electrons. The van der Waals surface area contributed by atoms with Gasteiger partial charge in [0, 0.05) is 49.1 Å². The first-order valence-corrected chi connectivity index (χ1v) is 13.7. The quantitative estimate of drug-likeness (QED) is 0.262. The highest BCUT2D eigenvalue weighted by molar-refractivity contribution is 5.87. The molecule has 1 saturated heterocycles. The van der Waals surface area contributed by atoms with E-state index in [0.29, 0.717) is 39.0 Å². The van der Waals surface area contributed by atoms with Crippen LogP contribution >= 0.6 is 0 Å². The van der Waals surface area contributed by atoms with E-state index < -0.39 is 0 Å². The number of carbonyl (C=O) groups excluding carboxylic acids is 2. The summed E-state index contributed by atoms with van der Waals surface area (Å²) in [7, 11) is 0. The molecule has 4 aromatic rings. The Kier molecular flexibility index (Phi) is 7.92. The van der Waals surface area contributed by atoms with Crippen molar-refractivity contribution in [2.75, 3.05) is 19.7 Å². The van der Waals surface area contributed by atoms with Crippen molar-refractivity contribution in [3.8, 4) is 0 Å². The highest BCUT2D eigenvalue weighted by atomic mass is 16.5. The van der Waals surface area contributed by atoms with Crippen molar-refractivity contribution in [3.63, 3.8) is 0 Å². The molecule has 0 bridgehead atoms. The van der Waals surface area contributed by atoms with Crippen molar-refractivity contribution < 1.29 is 14.3 Å². The van der Waals surface area contributed by atoms with E-state index in [1.807, 2.05) is 17.9 Å². The standard InChI is InChI=1S/C33H36N2O3/c1-3-38-33(37)26-16-18-34(19-17-26)32(36)21-29(27-13-9-10-24(2)20-27)30-23-35(22-25-11-5-4-6-12-25)31-15-8-7-14-28(30)31/h4-15,20,23,26,29H,3,16-19,21-22H2,1-2H3. The zero-order valence-electron chi connectivity index (χ0n) is 22.3. The summed E-state index contributed by atoms with van der Waals surface area (Å²) in [5.74, 6) is -0.170. The number of hydrogen-bond donors (Lipinski definition) is 0. The lowest BCUT2D eigenvalue weighted by Gasteiger charge is -2.32. The average molecular weight is 509 g/mol. The van der Waals surface area contributed by atoms with Crippen LogP contribution in [0.15, 0.2) is 85.1 Å². The smallest absolute Gasteiger partial charge is 0.309 e. The predicted molar refractivity (Wildman–Crippen MR) is 151 cm³/mol. The summed E-state index contributed by atoms with van der Waals surface area (Å²) in [5, 5.41) is 1.18. The second-order valence-corrected chi connectivity index (χ2v) is 10.3. The molecular formula is C33H36N2O3. The van der Waals surface area contributed by atoms with Crippen LogP contribution in [0.4, 0.5) is 0 Å². The van der Waals surface area contributed by atoms with Gasteiger partial charge in [-0.3, -0.25) is 9.59 Å². The number of piperidine rings is 1. The number of nitrogens with zero attached hydrogens (tertiary/aromatic N) is 2. The zero-order chi connectivity index (χ0) is 26.5. The van der Waals surface area contributed by atoms with Crippen LogP contribution in [0, 0.1) is 12.8 Å². The molecule has 0 spiro atoms. The molecule has 5 nitrogen and oxygen atoms in total. The highest BCUT2D eigenvalue weighted by Gasteiger charge is 2.30. The average Bonchev–Trinajstić information content (AvgIpc) is 3.30. The number of aryl methyl sites for hydroxylation is 1. The predicted octanol–water partition coefficient (Wildman–Crippen LogP) is 6.32. The second-order valence-electron chi connectivity index (χ2n) is 10.3. The van der Waals surface area contributed by atoms with E-state index in [1.54, 1.807) is 0 Å². The minimum absolute atomic E-state index is 0.0629. The van der Waals surface area contributed by atoms with Gasteiger partial charge in [0.25, 0.3) is 0 Å². The van der Waals surface area contributed by atoms with Gasteiger partial charge in [0.15, 0.2) is 0 Å². The van der Waals surface area contributed by atoms with Crippen molar-refractivity contribution in [1.29, 1.82) is 0 Å². The van der Waals surface area contributed by atoms with E-state index in [4.69, 9.17) is 4.74 Å². The first kappa shape index (κ1) is 25.8. The molecule has 0 saturated carbocycles. The van der Waals surface area contributed by atoms with Crippen LogP contribution in [0.5, 0.6) is 0 Å². The van der Waals surface area contributed by atoms with Gasteiger partial charge in [0.05, 0.1) is 12.5 Å². The minimum Gasteiger partial charge on any atom is -0.466 e. The van der Waals surface area contributed by atoms with E-state index in [1.165, 1.54) is 27.6 Å². The molecule has 0 aliphatic carbocycles. The van der Waals surface area contributed by atoms with Crippen LogP contribution in [0.1, 0.15) is 54.4 Å². The Morgan fingerprint density at radius 3 is 2.42 bits per heavy atom. The van der Waals surface area contributed by atoms with Crippen LogP contribution in [0.2, 0.25) is 0 Å². The maximum Gasteiger partial charge on any atom is 0.309 e. The number of benzene rings is 3. The number of fused-ring (bicyclic) bond motifs is 1. The van der Waals surface area contributed by atoms with Crippen molar-refractivity contribution >= 4 is 22.8 Å². The van der Waals surface area contributed by atoms with Gasteiger partial charge in [-0.05, 0) is 49.4 Å². The summed E-state index contributed by atoms with van der Waals surface area (Å²) in [6.45, 7) is 6.29. The highest BCUT2D eigenvalue weighted by Crippen LogP contribution is 2.36. The summed E-state index contributed by atoms with van der Waals surface area (Å²) in [5.41, 5.74) is 5.93. The number of amides is 1. The Hall–Kier alpha value is -3.86. The van der Waals surface area contributed by atoms with Crippen LogP contribution < -0.4 is 0 Å². The number of rotatable bonds is 8. The van der Waals surface area contributed by atoms with Crippen LogP contribution in [-0.4, -0.2) is 41.0 Å². The normalized spacial score (nSPS) is 14.9. The van der Waals surface area contributed by atoms with Gasteiger partial charge in [-0.15, -0.1) is 0 Å². The number of esters is 1. The molecule has 1 atom stereocenters. The lowest BCUT2D eigenvalue weighted by Crippen LogP contribution is -2.41. The molecule has 2 heterocycles. The second kappa shape index (κ2) is 11.7. The molecule has 3 aromatic carbocycles. The number of para-hydroxylation sites is 1. The van der Waals surface area contributed by atoms with E-state index in [2.05, 4.69) is 90.5 Å². The third-order valence-corrected chi connectivity index (χ3v) is 7.68. The lowest BCUT2D eigenvalue weighted by atomic mass is 9.86. The summed E-state index contributed by atoms with van der Waals surface area (Å²) in [6, 6.07) is 27.5. The Bertz CT molecular complexity index is 1400. The maximum atomic E-state index is 13.7. The van der Waals surface area contributed by atoms with E-state index in [9.17, 15) is 9.59 Å². The third kappa shape index (κ3) is 5.67. The first-order valence-electron chi connectivity index (χ1n) is 13.7. The van der Waals surface area contributed by atoms with Gasteiger partial charge >= 0.3 is 5.97 Å². The Morgan fingerprint density at radius 2 is 1.68 bits per heavy atom. The minimum atomic E-state index is -0.136. The van der Waals surface area contributed by atoms with Gasteiger partial charge in [-0.25, -0.2) is 0 Å².